The largest absolute Gasteiger partial charge is 0.344 e. The predicted molar refractivity (Wildman–Crippen MR) is 75.8 cm³/mol. The molecule has 1 aromatic heterocycles. The lowest BCUT2D eigenvalue weighted by molar-refractivity contribution is -0.135. The second-order valence-corrected chi connectivity index (χ2v) is 5.60. The molecule has 0 aromatic carbocycles. The normalized spacial score (nSPS) is 20.0. The van der Waals surface area contributed by atoms with Crippen molar-refractivity contribution in [3.8, 4) is 0 Å². The standard InChI is InChI=1S/C15H21N3O2/c1-10(2)14-15(20)18(7-5-13(19)17-14)9-12-8-16-6-4-11(12)3/h4,6,8,10,14H,5,7,9H2,1-3H3,(H,17,19). The molecule has 1 aliphatic rings. The molecule has 1 fully saturated rings. The van der Waals surface area contributed by atoms with E-state index in [1.807, 2.05) is 26.8 Å². The number of nitrogens with one attached hydrogen (secondary N) is 1. The molecular formula is C15H21N3O2. The second-order valence-electron chi connectivity index (χ2n) is 5.60. The van der Waals surface area contributed by atoms with Gasteiger partial charge in [0.25, 0.3) is 0 Å². The molecular weight excluding hydrogens is 254 g/mol. The summed E-state index contributed by atoms with van der Waals surface area (Å²) in [7, 11) is 0. The molecule has 2 amide bonds. The molecule has 5 nitrogen and oxygen atoms in total. The molecule has 20 heavy (non-hydrogen) atoms. The summed E-state index contributed by atoms with van der Waals surface area (Å²) >= 11 is 0. The zero-order valence-electron chi connectivity index (χ0n) is 12.2. The molecule has 2 heterocycles. The Morgan fingerprint density at radius 2 is 2.20 bits per heavy atom. The lowest BCUT2D eigenvalue weighted by Gasteiger charge is -2.26. The summed E-state index contributed by atoms with van der Waals surface area (Å²) in [6.07, 6.45) is 3.88. The van der Waals surface area contributed by atoms with Crippen LogP contribution in [0.2, 0.25) is 0 Å². The molecule has 0 bridgehead atoms. The number of pyridine rings is 1. The van der Waals surface area contributed by atoms with Crippen LogP contribution in [0.5, 0.6) is 0 Å². The first-order valence-electron chi connectivity index (χ1n) is 6.96. The Labute approximate surface area is 119 Å². The number of aryl methyl sites for hydroxylation is 1. The summed E-state index contributed by atoms with van der Waals surface area (Å²) in [6, 6.07) is 1.50. The third-order valence-corrected chi connectivity index (χ3v) is 3.68. The van der Waals surface area contributed by atoms with Gasteiger partial charge in [0.2, 0.25) is 11.8 Å². The number of hydrogen-bond acceptors (Lipinski definition) is 3. The average Bonchev–Trinajstić information content (AvgIpc) is 2.54. The SMILES string of the molecule is Cc1ccncc1CN1CCC(=O)NC(C(C)C)C1=O. The minimum absolute atomic E-state index is 0.00546. The Bertz CT molecular complexity index is 514. The van der Waals surface area contributed by atoms with Crippen LogP contribution in [-0.2, 0) is 16.1 Å². The highest BCUT2D eigenvalue weighted by Gasteiger charge is 2.31. The third kappa shape index (κ3) is 3.15. The van der Waals surface area contributed by atoms with Crippen molar-refractivity contribution < 1.29 is 9.59 Å². The van der Waals surface area contributed by atoms with Crippen molar-refractivity contribution >= 4 is 11.8 Å². The summed E-state index contributed by atoms with van der Waals surface area (Å²) < 4.78 is 0. The van der Waals surface area contributed by atoms with Crippen molar-refractivity contribution in [1.29, 1.82) is 0 Å². The van der Waals surface area contributed by atoms with Crippen molar-refractivity contribution in [2.24, 2.45) is 5.92 Å². The lowest BCUT2D eigenvalue weighted by Crippen LogP contribution is -2.47. The van der Waals surface area contributed by atoms with Gasteiger partial charge in [0.1, 0.15) is 6.04 Å². The molecule has 2 rings (SSSR count). The predicted octanol–water partition coefficient (Wildman–Crippen LogP) is 1.26. The molecule has 0 spiro atoms. The van der Waals surface area contributed by atoms with E-state index < -0.39 is 6.04 Å². The van der Waals surface area contributed by atoms with Crippen molar-refractivity contribution in [3.05, 3.63) is 29.6 Å². The second kappa shape index (κ2) is 6.03. The third-order valence-electron chi connectivity index (χ3n) is 3.68. The summed E-state index contributed by atoms with van der Waals surface area (Å²) in [5.41, 5.74) is 2.13. The molecule has 1 unspecified atom stereocenters. The Morgan fingerprint density at radius 3 is 2.85 bits per heavy atom. The van der Waals surface area contributed by atoms with E-state index >= 15 is 0 Å². The molecule has 1 aromatic rings. The van der Waals surface area contributed by atoms with Crippen LogP contribution in [-0.4, -0.2) is 34.3 Å². The Kier molecular flexibility index (Phi) is 4.37. The van der Waals surface area contributed by atoms with Crippen LogP contribution in [0.1, 0.15) is 31.4 Å². The van der Waals surface area contributed by atoms with Gasteiger partial charge in [-0.3, -0.25) is 14.6 Å². The first kappa shape index (κ1) is 14.5. The van der Waals surface area contributed by atoms with E-state index in [-0.39, 0.29) is 17.7 Å². The van der Waals surface area contributed by atoms with E-state index in [0.29, 0.717) is 19.5 Å². The molecule has 1 aliphatic heterocycles. The summed E-state index contributed by atoms with van der Waals surface area (Å²) in [4.78, 5) is 30.1. The van der Waals surface area contributed by atoms with Crippen LogP contribution in [0.4, 0.5) is 0 Å². The fourth-order valence-corrected chi connectivity index (χ4v) is 2.33. The highest BCUT2D eigenvalue weighted by Crippen LogP contribution is 2.15. The van der Waals surface area contributed by atoms with Gasteiger partial charge in [-0.25, -0.2) is 0 Å². The molecule has 1 N–H and O–H groups in total. The van der Waals surface area contributed by atoms with E-state index in [1.165, 1.54) is 0 Å². The van der Waals surface area contributed by atoms with E-state index in [2.05, 4.69) is 10.3 Å². The maximum absolute atomic E-state index is 12.5. The highest BCUT2D eigenvalue weighted by molar-refractivity contribution is 5.90. The zero-order valence-corrected chi connectivity index (χ0v) is 12.2. The summed E-state index contributed by atoms with van der Waals surface area (Å²) in [5.74, 6) is 0.0265. The number of nitrogens with zero attached hydrogens (tertiary/aromatic N) is 2. The fraction of sp³-hybridized carbons (Fsp3) is 0.533. The minimum atomic E-state index is -0.429. The van der Waals surface area contributed by atoms with Crippen molar-refractivity contribution in [2.75, 3.05) is 6.54 Å². The minimum Gasteiger partial charge on any atom is -0.344 e. The summed E-state index contributed by atoms with van der Waals surface area (Å²) in [5, 5.41) is 2.81. The maximum Gasteiger partial charge on any atom is 0.245 e. The Morgan fingerprint density at radius 1 is 1.45 bits per heavy atom. The van der Waals surface area contributed by atoms with Crippen LogP contribution < -0.4 is 5.32 Å². The smallest absolute Gasteiger partial charge is 0.245 e. The van der Waals surface area contributed by atoms with Crippen LogP contribution in [0.25, 0.3) is 0 Å². The lowest BCUT2D eigenvalue weighted by atomic mass is 10.0. The first-order chi connectivity index (χ1) is 9.49. The van der Waals surface area contributed by atoms with Gasteiger partial charge in [-0.2, -0.15) is 0 Å². The Hall–Kier alpha value is -1.91. The van der Waals surface area contributed by atoms with Gasteiger partial charge in [-0.15, -0.1) is 0 Å². The van der Waals surface area contributed by atoms with E-state index in [4.69, 9.17) is 0 Å². The van der Waals surface area contributed by atoms with E-state index in [0.717, 1.165) is 11.1 Å². The topological polar surface area (TPSA) is 62.3 Å². The van der Waals surface area contributed by atoms with Crippen LogP contribution >= 0.6 is 0 Å². The molecule has 1 saturated heterocycles. The maximum atomic E-state index is 12.5. The van der Waals surface area contributed by atoms with Crippen LogP contribution in [0.3, 0.4) is 0 Å². The molecule has 0 radical (unpaired) electrons. The number of rotatable bonds is 3. The average molecular weight is 275 g/mol. The van der Waals surface area contributed by atoms with Gasteiger partial charge in [-0.05, 0) is 30.0 Å². The molecule has 5 heteroatoms. The summed E-state index contributed by atoms with van der Waals surface area (Å²) in [6.45, 7) is 6.87. The quantitative estimate of drug-likeness (QED) is 0.903. The highest BCUT2D eigenvalue weighted by atomic mass is 16.2. The molecule has 1 atom stereocenters. The number of aromatic nitrogens is 1. The number of amides is 2. The van der Waals surface area contributed by atoms with Crippen molar-refractivity contribution in [3.63, 3.8) is 0 Å². The van der Waals surface area contributed by atoms with Gasteiger partial charge in [-0.1, -0.05) is 13.8 Å². The molecule has 0 saturated carbocycles. The Balaban J connectivity index is 2.19. The number of carbonyl (C=O) groups is 2. The van der Waals surface area contributed by atoms with Crippen molar-refractivity contribution in [2.45, 2.75) is 39.8 Å². The number of hydrogen-bond donors (Lipinski definition) is 1. The van der Waals surface area contributed by atoms with Gasteiger partial charge < -0.3 is 10.2 Å². The molecule has 0 aliphatic carbocycles. The van der Waals surface area contributed by atoms with Gasteiger partial charge >= 0.3 is 0 Å². The van der Waals surface area contributed by atoms with E-state index in [1.54, 1.807) is 17.3 Å². The van der Waals surface area contributed by atoms with Crippen LogP contribution in [0, 0.1) is 12.8 Å². The fourth-order valence-electron chi connectivity index (χ4n) is 2.33. The van der Waals surface area contributed by atoms with E-state index in [9.17, 15) is 9.59 Å². The van der Waals surface area contributed by atoms with Gasteiger partial charge in [0, 0.05) is 31.9 Å². The van der Waals surface area contributed by atoms with Gasteiger partial charge in [0.15, 0.2) is 0 Å². The molecule has 108 valence electrons. The number of carbonyl (C=O) groups excluding carboxylic acids is 2. The van der Waals surface area contributed by atoms with Crippen molar-refractivity contribution in [1.82, 2.24) is 15.2 Å². The monoisotopic (exact) mass is 275 g/mol. The first-order valence-corrected chi connectivity index (χ1v) is 6.96. The zero-order chi connectivity index (χ0) is 14.7. The van der Waals surface area contributed by atoms with Gasteiger partial charge in [0.05, 0.1) is 0 Å². The van der Waals surface area contributed by atoms with Crippen LogP contribution in [0.15, 0.2) is 18.5 Å².